The van der Waals surface area contributed by atoms with Crippen LogP contribution in [0.5, 0.6) is 0 Å². The Labute approximate surface area is 124 Å². The first-order valence-electron chi connectivity index (χ1n) is 7.91. The fourth-order valence-electron chi connectivity index (χ4n) is 2.40. The van der Waals surface area contributed by atoms with Gasteiger partial charge in [-0.15, -0.1) is 0 Å². The average molecular weight is 305 g/mol. The Hall–Kier alpha value is -0.170. The maximum absolute atomic E-state index is 12.1. The van der Waals surface area contributed by atoms with Gasteiger partial charge in [0.15, 0.2) is 0 Å². The Morgan fingerprint density at radius 3 is 2.40 bits per heavy atom. The summed E-state index contributed by atoms with van der Waals surface area (Å²) < 4.78 is 28.6. The zero-order chi connectivity index (χ0) is 15.0. The van der Waals surface area contributed by atoms with Gasteiger partial charge in [-0.25, -0.2) is 4.72 Å². The van der Waals surface area contributed by atoms with E-state index in [1.807, 2.05) is 0 Å². The van der Waals surface area contributed by atoms with Crippen LogP contribution in [-0.2, 0) is 10.2 Å². The molecule has 1 fully saturated rings. The maximum atomic E-state index is 12.1. The Morgan fingerprint density at radius 1 is 1.20 bits per heavy atom. The monoisotopic (exact) mass is 305 g/mol. The predicted molar refractivity (Wildman–Crippen MR) is 83.8 cm³/mol. The summed E-state index contributed by atoms with van der Waals surface area (Å²) in [4.78, 5) is 0. The zero-order valence-electron chi connectivity index (χ0n) is 13.2. The van der Waals surface area contributed by atoms with Crippen LogP contribution in [0.15, 0.2) is 0 Å². The van der Waals surface area contributed by atoms with Gasteiger partial charge in [-0.2, -0.15) is 12.7 Å². The van der Waals surface area contributed by atoms with Gasteiger partial charge in [-0.05, 0) is 50.6 Å². The molecule has 2 N–H and O–H groups in total. The third-order valence-electron chi connectivity index (χ3n) is 3.78. The maximum Gasteiger partial charge on any atom is 0.279 e. The van der Waals surface area contributed by atoms with Crippen molar-refractivity contribution in [2.24, 2.45) is 11.8 Å². The molecule has 1 heterocycles. The van der Waals surface area contributed by atoms with Gasteiger partial charge >= 0.3 is 0 Å². The van der Waals surface area contributed by atoms with E-state index in [1.165, 1.54) is 0 Å². The van der Waals surface area contributed by atoms with Gasteiger partial charge in [0.25, 0.3) is 10.2 Å². The van der Waals surface area contributed by atoms with E-state index in [0.717, 1.165) is 38.8 Å². The number of piperidine rings is 1. The lowest BCUT2D eigenvalue weighted by atomic mass is 9.98. The van der Waals surface area contributed by atoms with Gasteiger partial charge in [-0.3, -0.25) is 0 Å². The fraction of sp³-hybridized carbons (Fsp3) is 1.00. The highest BCUT2D eigenvalue weighted by atomic mass is 32.2. The van der Waals surface area contributed by atoms with Crippen molar-refractivity contribution >= 4 is 10.2 Å². The number of hydrogen-bond donors (Lipinski definition) is 2. The van der Waals surface area contributed by atoms with Crippen molar-refractivity contribution in [3.8, 4) is 0 Å². The minimum Gasteiger partial charge on any atom is -0.316 e. The zero-order valence-corrected chi connectivity index (χ0v) is 14.0. The molecule has 0 saturated carbocycles. The molecule has 0 unspecified atom stereocenters. The summed E-state index contributed by atoms with van der Waals surface area (Å²) in [5.74, 6) is 1.14. The standard InChI is InChI=1S/C14H31N3O2S/c1-4-8-15-12-14-6-10-17(11-7-14)20(18,19)16-9-5-13(2)3/h13-16H,4-12H2,1-3H3. The second kappa shape index (κ2) is 8.97. The minimum atomic E-state index is -3.26. The Balaban J connectivity index is 2.28. The molecule has 0 atom stereocenters. The molecule has 1 saturated heterocycles. The third-order valence-corrected chi connectivity index (χ3v) is 5.39. The van der Waals surface area contributed by atoms with Gasteiger partial charge in [0.05, 0.1) is 0 Å². The van der Waals surface area contributed by atoms with E-state index in [4.69, 9.17) is 0 Å². The molecule has 20 heavy (non-hydrogen) atoms. The van der Waals surface area contributed by atoms with Crippen LogP contribution in [0.1, 0.15) is 46.5 Å². The molecular weight excluding hydrogens is 274 g/mol. The van der Waals surface area contributed by atoms with Crippen molar-refractivity contribution in [3.63, 3.8) is 0 Å². The molecule has 0 aliphatic carbocycles. The van der Waals surface area contributed by atoms with Crippen LogP contribution in [0.2, 0.25) is 0 Å². The quantitative estimate of drug-likeness (QED) is 0.636. The van der Waals surface area contributed by atoms with Gasteiger partial charge < -0.3 is 5.32 Å². The second-order valence-corrected chi connectivity index (χ2v) is 7.88. The summed E-state index contributed by atoms with van der Waals surface area (Å²) in [5.41, 5.74) is 0. The van der Waals surface area contributed by atoms with E-state index in [-0.39, 0.29) is 0 Å². The first kappa shape index (κ1) is 17.9. The molecule has 1 rings (SSSR count). The molecule has 0 aromatic heterocycles. The molecule has 0 aromatic rings. The molecule has 0 bridgehead atoms. The van der Waals surface area contributed by atoms with Crippen molar-refractivity contribution in [1.29, 1.82) is 0 Å². The van der Waals surface area contributed by atoms with Crippen LogP contribution >= 0.6 is 0 Å². The largest absolute Gasteiger partial charge is 0.316 e. The van der Waals surface area contributed by atoms with Gasteiger partial charge in [0.1, 0.15) is 0 Å². The molecule has 0 radical (unpaired) electrons. The van der Waals surface area contributed by atoms with Crippen molar-refractivity contribution < 1.29 is 8.42 Å². The van der Waals surface area contributed by atoms with Crippen LogP contribution < -0.4 is 10.0 Å². The highest BCUT2D eigenvalue weighted by Gasteiger charge is 2.27. The van der Waals surface area contributed by atoms with Gasteiger partial charge in [0.2, 0.25) is 0 Å². The van der Waals surface area contributed by atoms with Crippen LogP contribution in [0.4, 0.5) is 0 Å². The van der Waals surface area contributed by atoms with E-state index in [0.29, 0.717) is 31.5 Å². The molecule has 0 aromatic carbocycles. The molecule has 1 aliphatic heterocycles. The average Bonchev–Trinajstić information content (AvgIpc) is 2.39. The molecule has 0 amide bonds. The first-order chi connectivity index (χ1) is 9.45. The van der Waals surface area contributed by atoms with Crippen molar-refractivity contribution in [1.82, 2.24) is 14.3 Å². The van der Waals surface area contributed by atoms with Gasteiger partial charge in [0, 0.05) is 19.6 Å². The van der Waals surface area contributed by atoms with E-state index >= 15 is 0 Å². The summed E-state index contributed by atoms with van der Waals surface area (Å²) in [5, 5.41) is 3.42. The minimum absolute atomic E-state index is 0.521. The summed E-state index contributed by atoms with van der Waals surface area (Å²) in [7, 11) is -3.26. The van der Waals surface area contributed by atoms with E-state index in [9.17, 15) is 8.42 Å². The summed E-state index contributed by atoms with van der Waals surface area (Å²) in [6, 6.07) is 0. The lowest BCUT2D eigenvalue weighted by Crippen LogP contribution is -2.46. The van der Waals surface area contributed by atoms with Crippen molar-refractivity contribution in [2.45, 2.75) is 46.5 Å². The molecule has 1 aliphatic rings. The van der Waals surface area contributed by atoms with Crippen LogP contribution in [0.3, 0.4) is 0 Å². The highest BCUT2D eigenvalue weighted by Crippen LogP contribution is 2.18. The Morgan fingerprint density at radius 2 is 1.85 bits per heavy atom. The number of hydrogen-bond acceptors (Lipinski definition) is 3. The molecular formula is C14H31N3O2S. The Bertz CT molecular complexity index is 349. The lowest BCUT2D eigenvalue weighted by molar-refractivity contribution is 0.265. The smallest absolute Gasteiger partial charge is 0.279 e. The van der Waals surface area contributed by atoms with Gasteiger partial charge in [-0.1, -0.05) is 20.8 Å². The number of nitrogens with one attached hydrogen (secondary N) is 2. The lowest BCUT2D eigenvalue weighted by Gasteiger charge is -2.31. The second-order valence-electron chi connectivity index (χ2n) is 6.13. The highest BCUT2D eigenvalue weighted by molar-refractivity contribution is 7.87. The predicted octanol–water partition coefficient (Wildman–Crippen LogP) is 1.58. The first-order valence-corrected chi connectivity index (χ1v) is 9.35. The van der Waals surface area contributed by atoms with Crippen molar-refractivity contribution in [3.05, 3.63) is 0 Å². The molecule has 5 nitrogen and oxygen atoms in total. The van der Waals surface area contributed by atoms with Crippen LogP contribution in [0, 0.1) is 11.8 Å². The van der Waals surface area contributed by atoms with E-state index < -0.39 is 10.2 Å². The SMILES string of the molecule is CCCNCC1CCN(S(=O)(=O)NCCC(C)C)CC1. The van der Waals surface area contributed by atoms with Crippen LogP contribution in [-0.4, -0.2) is 45.4 Å². The Kier molecular flexibility index (Phi) is 8.02. The molecule has 6 heteroatoms. The van der Waals surface area contributed by atoms with Crippen LogP contribution in [0.25, 0.3) is 0 Å². The number of nitrogens with zero attached hydrogens (tertiary/aromatic N) is 1. The summed E-state index contributed by atoms with van der Waals surface area (Å²) >= 11 is 0. The number of rotatable bonds is 9. The van der Waals surface area contributed by atoms with E-state index in [2.05, 4.69) is 30.8 Å². The molecule has 120 valence electrons. The van der Waals surface area contributed by atoms with E-state index in [1.54, 1.807) is 4.31 Å². The third kappa shape index (κ3) is 6.52. The topological polar surface area (TPSA) is 61.4 Å². The fourth-order valence-corrected chi connectivity index (χ4v) is 3.65. The summed E-state index contributed by atoms with van der Waals surface area (Å²) in [6.45, 7) is 10.3. The summed E-state index contributed by atoms with van der Waals surface area (Å²) in [6.07, 6.45) is 3.95. The molecule has 0 spiro atoms. The van der Waals surface area contributed by atoms with Crippen molar-refractivity contribution in [2.75, 3.05) is 32.7 Å². The normalized spacial score (nSPS) is 18.8.